The van der Waals surface area contributed by atoms with Gasteiger partial charge in [-0.1, -0.05) is 12.8 Å². The molecule has 6 unspecified atom stereocenters. The first-order valence-electron chi connectivity index (χ1n) is 13.0. The third-order valence-electron chi connectivity index (χ3n) is 7.90. The lowest BCUT2D eigenvalue weighted by Crippen LogP contribution is -2.65. The first-order chi connectivity index (χ1) is 16.5. The molecular formula is C23H42N6O5. The van der Waals surface area contributed by atoms with Crippen LogP contribution in [0.3, 0.4) is 0 Å². The molecule has 6 atom stereocenters. The number of hydrazine groups is 1. The standard InChI is InChI=1S/C23H42N6O5/c1-33-16-8-6-14(7-9-16)21-26-20(34-29-21)11-10-19(31)24-12-15(30)13-25-22-17-4-2-3-5-18(17)23(32)28-27-22/h14-18,20-22,25-27,29-30H,2-13H2,1H3,(H,24,31)(H,28,32). The van der Waals surface area contributed by atoms with E-state index in [9.17, 15) is 14.7 Å². The van der Waals surface area contributed by atoms with Crippen LogP contribution < -0.4 is 32.3 Å². The van der Waals surface area contributed by atoms with Crippen LogP contribution in [0.4, 0.5) is 0 Å². The largest absolute Gasteiger partial charge is 0.390 e. The minimum Gasteiger partial charge on any atom is -0.390 e. The van der Waals surface area contributed by atoms with E-state index in [1.807, 2.05) is 0 Å². The number of hydrogen-bond acceptors (Lipinski definition) is 9. The van der Waals surface area contributed by atoms with Gasteiger partial charge in [-0.05, 0) is 50.9 Å². The summed E-state index contributed by atoms with van der Waals surface area (Å²) in [4.78, 5) is 30.0. The number of hydroxylamine groups is 1. The molecule has 2 amide bonds. The Kier molecular flexibility index (Phi) is 9.52. The molecule has 2 saturated carbocycles. The van der Waals surface area contributed by atoms with Gasteiger partial charge in [-0.2, -0.15) is 5.48 Å². The molecule has 194 valence electrons. The van der Waals surface area contributed by atoms with Crippen LogP contribution in [-0.4, -0.2) is 67.9 Å². The van der Waals surface area contributed by atoms with Gasteiger partial charge in [-0.3, -0.25) is 30.5 Å². The van der Waals surface area contributed by atoms with Crippen molar-refractivity contribution in [1.82, 2.24) is 32.3 Å². The number of methoxy groups -OCH3 is 1. The van der Waals surface area contributed by atoms with Crippen molar-refractivity contribution in [3.63, 3.8) is 0 Å². The van der Waals surface area contributed by atoms with Crippen LogP contribution in [0, 0.1) is 17.8 Å². The molecule has 11 nitrogen and oxygen atoms in total. The Morgan fingerprint density at radius 3 is 2.76 bits per heavy atom. The fourth-order valence-electron chi connectivity index (χ4n) is 5.81. The Labute approximate surface area is 201 Å². The zero-order chi connectivity index (χ0) is 23.9. The number of hydrogen-bond donors (Lipinski definition) is 7. The maximum atomic E-state index is 12.3. The summed E-state index contributed by atoms with van der Waals surface area (Å²) in [5.74, 6) is 0.727. The Hall–Kier alpha value is -1.34. The minimum absolute atomic E-state index is 0.0326. The summed E-state index contributed by atoms with van der Waals surface area (Å²) in [6.45, 7) is 0.517. The third kappa shape index (κ3) is 6.87. The quantitative estimate of drug-likeness (QED) is 0.221. The molecule has 0 aromatic carbocycles. The fourth-order valence-corrected chi connectivity index (χ4v) is 5.81. The number of carbonyl (C=O) groups is 2. The molecule has 0 bridgehead atoms. The smallest absolute Gasteiger partial charge is 0.237 e. The van der Waals surface area contributed by atoms with Crippen molar-refractivity contribution in [1.29, 1.82) is 0 Å². The van der Waals surface area contributed by atoms with E-state index in [-0.39, 0.29) is 48.8 Å². The molecule has 2 aliphatic heterocycles. The van der Waals surface area contributed by atoms with Gasteiger partial charge in [0.2, 0.25) is 11.8 Å². The first kappa shape index (κ1) is 25.7. The lowest BCUT2D eigenvalue weighted by Gasteiger charge is -2.41. The SMILES string of the molecule is COC1CCC(C2NOC(CCC(=O)NCC(O)CNC3NNC(=O)C4CCCCC34)N2)CC1. The van der Waals surface area contributed by atoms with Gasteiger partial charge < -0.3 is 15.2 Å². The summed E-state index contributed by atoms with van der Waals surface area (Å²) in [6, 6.07) is 0. The van der Waals surface area contributed by atoms with E-state index in [1.54, 1.807) is 7.11 Å². The van der Waals surface area contributed by atoms with Gasteiger partial charge in [0.05, 0.1) is 24.5 Å². The second kappa shape index (κ2) is 12.6. The van der Waals surface area contributed by atoms with Crippen LogP contribution in [0.2, 0.25) is 0 Å². The van der Waals surface area contributed by atoms with Crippen LogP contribution in [0.5, 0.6) is 0 Å². The van der Waals surface area contributed by atoms with Crippen LogP contribution >= 0.6 is 0 Å². The van der Waals surface area contributed by atoms with Crippen molar-refractivity contribution in [2.75, 3.05) is 20.2 Å². The second-order valence-electron chi connectivity index (χ2n) is 10.2. The summed E-state index contributed by atoms with van der Waals surface area (Å²) >= 11 is 0. The maximum absolute atomic E-state index is 12.3. The molecule has 0 radical (unpaired) electrons. The average Bonchev–Trinajstić information content (AvgIpc) is 3.35. The van der Waals surface area contributed by atoms with Crippen molar-refractivity contribution in [3.05, 3.63) is 0 Å². The van der Waals surface area contributed by atoms with Gasteiger partial charge in [0.25, 0.3) is 0 Å². The second-order valence-corrected chi connectivity index (χ2v) is 10.2. The van der Waals surface area contributed by atoms with Crippen molar-refractivity contribution in [2.45, 2.75) is 95.0 Å². The zero-order valence-corrected chi connectivity index (χ0v) is 20.2. The number of aliphatic hydroxyl groups excluding tert-OH is 1. The summed E-state index contributed by atoms with van der Waals surface area (Å²) in [7, 11) is 1.77. The van der Waals surface area contributed by atoms with E-state index in [2.05, 4.69) is 32.3 Å². The molecule has 0 aromatic rings. The number of nitrogens with one attached hydrogen (secondary N) is 6. The van der Waals surface area contributed by atoms with Gasteiger partial charge in [0.1, 0.15) is 6.23 Å². The number of fused-ring (bicyclic) bond motifs is 1. The molecule has 0 aromatic heterocycles. The Morgan fingerprint density at radius 1 is 1.18 bits per heavy atom. The molecule has 4 rings (SSSR count). The van der Waals surface area contributed by atoms with E-state index in [1.165, 1.54) is 0 Å². The van der Waals surface area contributed by atoms with Crippen LogP contribution in [0.15, 0.2) is 0 Å². The molecule has 11 heteroatoms. The van der Waals surface area contributed by atoms with Gasteiger partial charge in [-0.15, -0.1) is 0 Å². The van der Waals surface area contributed by atoms with E-state index in [0.29, 0.717) is 31.4 Å². The normalized spacial score (nSPS) is 37.0. The molecule has 4 fully saturated rings. The maximum Gasteiger partial charge on any atom is 0.237 e. The van der Waals surface area contributed by atoms with Crippen molar-refractivity contribution in [2.24, 2.45) is 17.8 Å². The summed E-state index contributed by atoms with van der Waals surface area (Å²) in [5.41, 5.74) is 8.87. The Bertz CT molecular complexity index is 676. The summed E-state index contributed by atoms with van der Waals surface area (Å²) in [6.07, 6.45) is 8.84. The van der Waals surface area contributed by atoms with Gasteiger partial charge in [0.15, 0.2) is 0 Å². The van der Waals surface area contributed by atoms with E-state index in [4.69, 9.17) is 9.57 Å². The lowest BCUT2D eigenvalue weighted by molar-refractivity contribution is -0.134. The van der Waals surface area contributed by atoms with Gasteiger partial charge in [-0.25, -0.2) is 5.43 Å². The highest BCUT2D eigenvalue weighted by atomic mass is 16.7. The van der Waals surface area contributed by atoms with Crippen molar-refractivity contribution < 1.29 is 24.3 Å². The first-order valence-corrected chi connectivity index (χ1v) is 13.0. The third-order valence-corrected chi connectivity index (χ3v) is 7.90. The molecule has 2 aliphatic carbocycles. The van der Waals surface area contributed by atoms with Crippen molar-refractivity contribution in [3.8, 4) is 0 Å². The van der Waals surface area contributed by atoms with Crippen LogP contribution in [0.1, 0.15) is 64.2 Å². The highest BCUT2D eigenvalue weighted by molar-refractivity contribution is 5.79. The van der Waals surface area contributed by atoms with Crippen molar-refractivity contribution >= 4 is 11.8 Å². The molecule has 7 N–H and O–H groups in total. The zero-order valence-electron chi connectivity index (χ0n) is 20.2. The highest BCUT2D eigenvalue weighted by Gasteiger charge is 2.40. The number of carbonyl (C=O) groups excluding carboxylic acids is 2. The molecule has 2 saturated heterocycles. The number of ether oxygens (including phenoxy) is 1. The molecule has 4 aliphatic rings. The van der Waals surface area contributed by atoms with Gasteiger partial charge in [0, 0.05) is 38.5 Å². The van der Waals surface area contributed by atoms with Crippen LogP contribution in [-0.2, 0) is 19.2 Å². The molecule has 2 heterocycles. The van der Waals surface area contributed by atoms with E-state index in [0.717, 1.165) is 51.4 Å². The number of amides is 2. The molecular weight excluding hydrogens is 440 g/mol. The topological polar surface area (TPSA) is 145 Å². The number of aliphatic hydroxyl groups is 1. The highest BCUT2D eigenvalue weighted by Crippen LogP contribution is 2.33. The summed E-state index contributed by atoms with van der Waals surface area (Å²) in [5, 5.41) is 19.9. The van der Waals surface area contributed by atoms with E-state index >= 15 is 0 Å². The molecule has 34 heavy (non-hydrogen) atoms. The fraction of sp³-hybridized carbons (Fsp3) is 0.913. The van der Waals surface area contributed by atoms with E-state index < -0.39 is 6.10 Å². The van der Waals surface area contributed by atoms with Crippen LogP contribution in [0.25, 0.3) is 0 Å². The van der Waals surface area contributed by atoms with Gasteiger partial charge >= 0.3 is 0 Å². The predicted octanol–water partition coefficient (Wildman–Crippen LogP) is -0.418. The monoisotopic (exact) mass is 482 g/mol. The number of rotatable bonds is 10. The average molecular weight is 483 g/mol. The molecule has 0 spiro atoms. The lowest BCUT2D eigenvalue weighted by atomic mass is 9.76. The predicted molar refractivity (Wildman–Crippen MR) is 124 cm³/mol. The minimum atomic E-state index is -0.709. The Balaban J connectivity index is 1.08. The summed E-state index contributed by atoms with van der Waals surface area (Å²) < 4.78 is 5.44. The Morgan fingerprint density at radius 2 is 1.97 bits per heavy atom.